The van der Waals surface area contributed by atoms with Gasteiger partial charge in [0.05, 0.1) is 4.92 Å². The van der Waals surface area contributed by atoms with E-state index in [9.17, 15) is 24.1 Å². The minimum absolute atomic E-state index is 0.0709. The van der Waals surface area contributed by atoms with Crippen LogP contribution in [-0.2, 0) is 4.79 Å². The number of carbonyl (C=O) groups excluding carboxylic acids is 2. The van der Waals surface area contributed by atoms with E-state index in [-0.39, 0.29) is 11.4 Å². The molecular formula is C22H16FN3O4S. The third kappa shape index (κ3) is 6.25. The first-order valence-electron chi connectivity index (χ1n) is 8.98. The number of nitrogens with zero attached hydrogens (tertiary/aromatic N) is 1. The molecule has 0 aliphatic heterocycles. The van der Waals surface area contributed by atoms with E-state index in [2.05, 4.69) is 10.0 Å². The number of hydrogen-bond donors (Lipinski definition) is 2. The van der Waals surface area contributed by atoms with Crippen LogP contribution < -0.4 is 10.0 Å². The molecule has 0 saturated heterocycles. The van der Waals surface area contributed by atoms with Crippen LogP contribution in [0.1, 0.15) is 15.9 Å². The molecule has 3 rings (SSSR count). The number of carbonyl (C=O) groups is 2. The van der Waals surface area contributed by atoms with E-state index in [1.165, 1.54) is 48.5 Å². The zero-order chi connectivity index (χ0) is 22.2. The highest BCUT2D eigenvalue weighted by atomic mass is 32.2. The molecule has 3 aromatic rings. The Morgan fingerprint density at radius 1 is 0.968 bits per heavy atom. The standard InChI is InChI=1S/C22H16FN3O4S/c23-17-11-9-15(10-12-17)13-20(24-21(27)16-5-2-1-3-6-16)22(28)25-31-19-8-4-7-18(14-19)26(29)30/h1-14H,(H,24,27)(H,25,28)/b20-13-. The second-order valence-corrected chi connectivity index (χ2v) is 7.10. The predicted molar refractivity (Wildman–Crippen MR) is 115 cm³/mol. The summed E-state index contributed by atoms with van der Waals surface area (Å²) >= 11 is 0.868. The first-order chi connectivity index (χ1) is 14.9. The lowest BCUT2D eigenvalue weighted by molar-refractivity contribution is -0.385. The summed E-state index contributed by atoms with van der Waals surface area (Å²) in [5, 5.41) is 13.5. The molecule has 0 unspecified atom stereocenters. The highest BCUT2D eigenvalue weighted by Gasteiger charge is 2.15. The molecule has 0 atom stereocenters. The van der Waals surface area contributed by atoms with Gasteiger partial charge in [0, 0.05) is 22.6 Å². The molecule has 0 fully saturated rings. The van der Waals surface area contributed by atoms with Crippen molar-refractivity contribution in [2.75, 3.05) is 0 Å². The Hall–Kier alpha value is -3.98. The van der Waals surface area contributed by atoms with Gasteiger partial charge in [-0.05, 0) is 53.9 Å². The molecule has 156 valence electrons. The number of non-ortho nitro benzene ring substituents is 1. The van der Waals surface area contributed by atoms with E-state index in [1.54, 1.807) is 36.4 Å². The largest absolute Gasteiger partial charge is 0.317 e. The number of benzene rings is 3. The van der Waals surface area contributed by atoms with Gasteiger partial charge in [-0.15, -0.1) is 0 Å². The van der Waals surface area contributed by atoms with Gasteiger partial charge in [0.25, 0.3) is 17.5 Å². The summed E-state index contributed by atoms with van der Waals surface area (Å²) in [6.07, 6.45) is 1.41. The molecule has 0 heterocycles. The van der Waals surface area contributed by atoms with Crippen LogP contribution >= 0.6 is 11.9 Å². The molecule has 3 aromatic carbocycles. The second kappa shape index (κ2) is 10.2. The van der Waals surface area contributed by atoms with Crippen LogP contribution in [0.5, 0.6) is 0 Å². The Kier molecular flexibility index (Phi) is 7.13. The molecule has 31 heavy (non-hydrogen) atoms. The van der Waals surface area contributed by atoms with E-state index < -0.39 is 22.6 Å². The molecule has 2 N–H and O–H groups in total. The maximum absolute atomic E-state index is 13.2. The number of amides is 2. The average Bonchev–Trinajstić information content (AvgIpc) is 2.79. The molecule has 0 radical (unpaired) electrons. The van der Waals surface area contributed by atoms with Crippen molar-refractivity contribution in [3.8, 4) is 0 Å². The van der Waals surface area contributed by atoms with Crippen molar-refractivity contribution < 1.29 is 18.9 Å². The summed E-state index contributed by atoms with van der Waals surface area (Å²) in [5.74, 6) is -1.56. The number of halogens is 1. The fraction of sp³-hybridized carbons (Fsp3) is 0. The van der Waals surface area contributed by atoms with Crippen molar-refractivity contribution in [3.63, 3.8) is 0 Å². The molecular weight excluding hydrogens is 421 g/mol. The van der Waals surface area contributed by atoms with E-state index in [0.29, 0.717) is 16.0 Å². The lowest BCUT2D eigenvalue weighted by Crippen LogP contribution is -2.32. The molecule has 0 bridgehead atoms. The van der Waals surface area contributed by atoms with Crippen LogP contribution in [-0.4, -0.2) is 16.7 Å². The molecule has 9 heteroatoms. The van der Waals surface area contributed by atoms with Gasteiger partial charge >= 0.3 is 0 Å². The third-order valence-corrected chi connectivity index (χ3v) is 4.78. The molecule has 7 nitrogen and oxygen atoms in total. The zero-order valence-corrected chi connectivity index (χ0v) is 16.8. The van der Waals surface area contributed by atoms with Crippen LogP contribution in [0.15, 0.2) is 89.5 Å². The summed E-state index contributed by atoms with van der Waals surface area (Å²) in [5.41, 5.74) is 0.670. The minimum atomic E-state index is -0.634. The Morgan fingerprint density at radius 3 is 2.35 bits per heavy atom. The van der Waals surface area contributed by atoms with E-state index in [4.69, 9.17) is 0 Å². The maximum atomic E-state index is 13.2. The van der Waals surface area contributed by atoms with Gasteiger partial charge in [-0.25, -0.2) is 4.39 Å². The number of hydrogen-bond acceptors (Lipinski definition) is 5. The quantitative estimate of drug-likeness (QED) is 0.248. The summed E-state index contributed by atoms with van der Waals surface area (Å²) in [6.45, 7) is 0. The van der Waals surface area contributed by atoms with Gasteiger partial charge in [-0.3, -0.25) is 24.4 Å². The van der Waals surface area contributed by atoms with Crippen LogP contribution in [0, 0.1) is 15.9 Å². The number of nitrogens with one attached hydrogen (secondary N) is 2. The van der Waals surface area contributed by atoms with Crippen LogP contribution in [0.3, 0.4) is 0 Å². The van der Waals surface area contributed by atoms with Crippen molar-refractivity contribution >= 4 is 35.5 Å². The van der Waals surface area contributed by atoms with E-state index >= 15 is 0 Å². The van der Waals surface area contributed by atoms with E-state index in [1.807, 2.05) is 0 Å². The van der Waals surface area contributed by atoms with Gasteiger partial charge in [-0.2, -0.15) is 0 Å². The number of nitro groups is 1. The van der Waals surface area contributed by atoms with Crippen LogP contribution in [0.2, 0.25) is 0 Å². The SMILES string of the molecule is O=C(NSc1cccc([N+](=O)[O-])c1)/C(=C/c1ccc(F)cc1)NC(=O)c1ccccc1. The predicted octanol–water partition coefficient (Wildman–Crippen LogP) is 4.33. The summed E-state index contributed by atoms with van der Waals surface area (Å²) in [6, 6.07) is 19.5. The van der Waals surface area contributed by atoms with Crippen molar-refractivity contribution in [1.29, 1.82) is 0 Å². The molecule has 0 aromatic heterocycles. The lowest BCUT2D eigenvalue weighted by atomic mass is 10.1. The zero-order valence-electron chi connectivity index (χ0n) is 15.9. The van der Waals surface area contributed by atoms with Crippen molar-refractivity contribution in [2.24, 2.45) is 0 Å². The molecule has 2 amide bonds. The smallest absolute Gasteiger partial charge is 0.277 e. The second-order valence-electron chi connectivity index (χ2n) is 6.22. The first kappa shape index (κ1) is 21.7. The maximum Gasteiger partial charge on any atom is 0.277 e. The lowest BCUT2D eigenvalue weighted by Gasteiger charge is -2.11. The van der Waals surface area contributed by atoms with Gasteiger partial charge in [0.1, 0.15) is 11.5 Å². The molecule has 0 saturated carbocycles. The van der Waals surface area contributed by atoms with Gasteiger partial charge < -0.3 is 5.32 Å². The van der Waals surface area contributed by atoms with Crippen molar-refractivity contribution in [3.05, 3.63) is 112 Å². The normalized spacial score (nSPS) is 10.9. The minimum Gasteiger partial charge on any atom is -0.317 e. The average molecular weight is 437 g/mol. The highest BCUT2D eigenvalue weighted by Crippen LogP contribution is 2.21. The van der Waals surface area contributed by atoms with Crippen LogP contribution in [0.4, 0.5) is 10.1 Å². The Bertz CT molecular complexity index is 1140. The van der Waals surface area contributed by atoms with Crippen molar-refractivity contribution in [2.45, 2.75) is 4.90 Å². The molecule has 0 spiro atoms. The first-order valence-corrected chi connectivity index (χ1v) is 9.79. The van der Waals surface area contributed by atoms with Crippen LogP contribution in [0.25, 0.3) is 6.08 Å². The van der Waals surface area contributed by atoms with Gasteiger partial charge in [0.15, 0.2) is 0 Å². The van der Waals surface area contributed by atoms with E-state index in [0.717, 1.165) is 11.9 Å². The Morgan fingerprint density at radius 2 is 1.68 bits per heavy atom. The third-order valence-electron chi connectivity index (χ3n) is 4.00. The Balaban J connectivity index is 1.80. The number of rotatable bonds is 7. The number of nitro benzene ring substituents is 1. The molecule has 0 aliphatic rings. The summed E-state index contributed by atoms with van der Waals surface area (Å²) < 4.78 is 15.7. The molecule has 0 aliphatic carbocycles. The van der Waals surface area contributed by atoms with Gasteiger partial charge in [-0.1, -0.05) is 36.4 Å². The fourth-order valence-corrected chi connectivity index (χ4v) is 3.14. The monoisotopic (exact) mass is 437 g/mol. The highest BCUT2D eigenvalue weighted by molar-refractivity contribution is 7.98. The fourth-order valence-electron chi connectivity index (χ4n) is 2.49. The van der Waals surface area contributed by atoms with Gasteiger partial charge in [0.2, 0.25) is 0 Å². The summed E-state index contributed by atoms with van der Waals surface area (Å²) in [4.78, 5) is 36.1. The topological polar surface area (TPSA) is 101 Å². The summed E-state index contributed by atoms with van der Waals surface area (Å²) in [7, 11) is 0. The Labute approximate surface area is 181 Å². The van der Waals surface area contributed by atoms with Crippen molar-refractivity contribution in [1.82, 2.24) is 10.0 Å².